The number of para-hydroxylation sites is 1. The van der Waals surface area contributed by atoms with E-state index < -0.39 is 11.6 Å². The van der Waals surface area contributed by atoms with Crippen LogP contribution in [-0.4, -0.2) is 58.2 Å². The van der Waals surface area contributed by atoms with Crippen LogP contribution >= 0.6 is 0 Å². The summed E-state index contributed by atoms with van der Waals surface area (Å²) >= 11 is 0. The first-order valence-corrected chi connectivity index (χ1v) is 9.26. The number of benzene rings is 1. The smallest absolute Gasteiger partial charge is 0.226 e. The number of nitrogens with zero attached hydrogens (tertiary/aromatic N) is 1. The van der Waals surface area contributed by atoms with Crippen LogP contribution in [0.3, 0.4) is 0 Å². The minimum absolute atomic E-state index is 0.119. The third-order valence-corrected chi connectivity index (χ3v) is 5.79. The van der Waals surface area contributed by atoms with E-state index in [1.165, 1.54) is 0 Å². The summed E-state index contributed by atoms with van der Waals surface area (Å²) in [5.41, 5.74) is 0.691. The highest BCUT2D eigenvalue weighted by atomic mass is 16.5. The Labute approximate surface area is 152 Å². The lowest BCUT2D eigenvalue weighted by Crippen LogP contribution is -2.65. The molecule has 2 aliphatic rings. The van der Waals surface area contributed by atoms with Gasteiger partial charge in [0.1, 0.15) is 6.10 Å². The number of piperidine rings is 1. The number of carbonyl (C=O) groups is 1. The van der Waals surface area contributed by atoms with E-state index in [4.69, 9.17) is 4.74 Å². The van der Waals surface area contributed by atoms with E-state index in [0.717, 1.165) is 42.5 Å². The lowest BCUT2D eigenvalue weighted by molar-refractivity contribution is -0.174. The number of aliphatic hydroxyl groups is 1. The van der Waals surface area contributed by atoms with Gasteiger partial charge < -0.3 is 20.5 Å². The first-order valence-electron chi connectivity index (χ1n) is 9.26. The minimum atomic E-state index is -0.717. The van der Waals surface area contributed by atoms with Crippen molar-refractivity contribution in [1.82, 2.24) is 20.8 Å². The van der Waals surface area contributed by atoms with Gasteiger partial charge in [-0.2, -0.15) is 5.10 Å². The maximum Gasteiger partial charge on any atom is 0.226 e. The molecule has 2 saturated heterocycles. The Morgan fingerprint density at radius 3 is 2.96 bits per heavy atom. The molecule has 26 heavy (non-hydrogen) atoms. The molecule has 0 unspecified atom stereocenters. The summed E-state index contributed by atoms with van der Waals surface area (Å²) in [6.07, 6.45) is 1.91. The van der Waals surface area contributed by atoms with E-state index in [-0.39, 0.29) is 24.5 Å². The fraction of sp³-hybridized carbons (Fsp3) is 0.579. The SMILES string of the molecule is C[C@]1(NC(=O)Cc2[nH]nc3ccccc23)CC2(CCNCC2)OC[C@@H]1O. The fourth-order valence-electron chi connectivity index (χ4n) is 4.28. The van der Waals surface area contributed by atoms with Crippen LogP contribution in [0.15, 0.2) is 24.3 Å². The van der Waals surface area contributed by atoms with Gasteiger partial charge in [-0.05, 0) is 38.9 Å². The zero-order valence-corrected chi connectivity index (χ0v) is 15.0. The van der Waals surface area contributed by atoms with Gasteiger partial charge >= 0.3 is 0 Å². The molecule has 140 valence electrons. The molecule has 1 spiro atoms. The number of hydrogen-bond acceptors (Lipinski definition) is 5. The molecule has 0 saturated carbocycles. The van der Waals surface area contributed by atoms with Crippen molar-refractivity contribution in [3.63, 3.8) is 0 Å². The summed E-state index contributed by atoms with van der Waals surface area (Å²) in [7, 11) is 0. The molecule has 2 aliphatic heterocycles. The van der Waals surface area contributed by atoms with Crippen molar-refractivity contribution in [2.45, 2.75) is 49.9 Å². The van der Waals surface area contributed by atoms with Gasteiger partial charge in [0.2, 0.25) is 5.91 Å². The van der Waals surface area contributed by atoms with Crippen LogP contribution in [0, 0.1) is 0 Å². The van der Waals surface area contributed by atoms with Crippen molar-refractivity contribution in [3.05, 3.63) is 30.0 Å². The molecule has 0 aliphatic carbocycles. The molecule has 7 heteroatoms. The molecule has 7 nitrogen and oxygen atoms in total. The topological polar surface area (TPSA) is 99.3 Å². The minimum Gasteiger partial charge on any atom is -0.388 e. The third-order valence-electron chi connectivity index (χ3n) is 5.79. The Morgan fingerprint density at radius 1 is 1.38 bits per heavy atom. The standard InChI is InChI=1S/C19H26N4O3/c1-18(12-19(26-11-16(18)24)6-8-20-9-7-19)21-17(25)10-15-13-4-2-3-5-14(13)22-23-15/h2-5,16,20,24H,6-12H2,1H3,(H,21,25)(H,22,23)/t16-,18-/m0/s1. The fourth-order valence-corrected chi connectivity index (χ4v) is 4.28. The number of aromatic nitrogens is 2. The van der Waals surface area contributed by atoms with Gasteiger partial charge in [0.25, 0.3) is 0 Å². The number of aliphatic hydroxyl groups excluding tert-OH is 1. The van der Waals surface area contributed by atoms with Gasteiger partial charge in [-0.15, -0.1) is 0 Å². The highest BCUT2D eigenvalue weighted by Crippen LogP contribution is 2.38. The van der Waals surface area contributed by atoms with Gasteiger partial charge in [-0.1, -0.05) is 18.2 Å². The Hall–Kier alpha value is -1.96. The molecule has 2 aromatic rings. The van der Waals surface area contributed by atoms with Crippen molar-refractivity contribution in [3.8, 4) is 0 Å². The second kappa shape index (κ2) is 6.64. The quantitative estimate of drug-likeness (QED) is 0.653. The summed E-state index contributed by atoms with van der Waals surface area (Å²) in [5, 5.41) is 25.1. The van der Waals surface area contributed by atoms with Crippen molar-refractivity contribution < 1.29 is 14.6 Å². The van der Waals surface area contributed by atoms with Gasteiger partial charge in [-0.3, -0.25) is 9.89 Å². The average Bonchev–Trinajstić information content (AvgIpc) is 3.02. The van der Waals surface area contributed by atoms with Gasteiger partial charge in [0.05, 0.1) is 35.4 Å². The zero-order valence-electron chi connectivity index (χ0n) is 15.0. The average molecular weight is 358 g/mol. The van der Waals surface area contributed by atoms with Crippen molar-refractivity contribution in [2.75, 3.05) is 19.7 Å². The molecule has 4 N–H and O–H groups in total. The molecule has 0 bridgehead atoms. The highest BCUT2D eigenvalue weighted by molar-refractivity contribution is 5.87. The van der Waals surface area contributed by atoms with E-state index in [1.54, 1.807) is 0 Å². The Bertz CT molecular complexity index is 799. The van der Waals surface area contributed by atoms with E-state index in [2.05, 4.69) is 20.8 Å². The van der Waals surface area contributed by atoms with Gasteiger partial charge in [-0.25, -0.2) is 0 Å². The lowest BCUT2D eigenvalue weighted by Gasteiger charge is -2.50. The molecule has 1 aromatic carbocycles. The Balaban J connectivity index is 1.48. The highest BCUT2D eigenvalue weighted by Gasteiger charge is 2.49. The van der Waals surface area contributed by atoms with Crippen LogP contribution in [0.25, 0.3) is 10.9 Å². The number of rotatable bonds is 3. The van der Waals surface area contributed by atoms with E-state index >= 15 is 0 Å². The zero-order chi connectivity index (χ0) is 18.2. The predicted octanol–water partition coefficient (Wildman–Crippen LogP) is 0.884. The third kappa shape index (κ3) is 3.22. The Kier molecular flexibility index (Phi) is 4.46. The van der Waals surface area contributed by atoms with Crippen molar-refractivity contribution >= 4 is 16.8 Å². The number of aromatic amines is 1. The normalized spacial score (nSPS) is 28.3. The molecule has 1 amide bonds. The second-order valence-corrected chi connectivity index (χ2v) is 7.80. The number of fused-ring (bicyclic) bond motifs is 1. The summed E-state index contributed by atoms with van der Waals surface area (Å²) in [4.78, 5) is 12.7. The summed E-state index contributed by atoms with van der Waals surface area (Å²) in [6, 6.07) is 7.72. The molecular weight excluding hydrogens is 332 g/mol. The summed E-state index contributed by atoms with van der Waals surface area (Å²) in [5.74, 6) is -0.119. The largest absolute Gasteiger partial charge is 0.388 e. The first kappa shape index (κ1) is 17.5. The van der Waals surface area contributed by atoms with Gasteiger partial charge in [0.15, 0.2) is 0 Å². The molecule has 2 atom stereocenters. The van der Waals surface area contributed by atoms with Crippen molar-refractivity contribution in [1.29, 1.82) is 0 Å². The molecular formula is C19H26N4O3. The maximum atomic E-state index is 12.7. The van der Waals surface area contributed by atoms with Crippen LogP contribution in [0.2, 0.25) is 0 Å². The van der Waals surface area contributed by atoms with Crippen molar-refractivity contribution in [2.24, 2.45) is 0 Å². The molecule has 1 aromatic heterocycles. The van der Waals surface area contributed by atoms with Crippen LogP contribution < -0.4 is 10.6 Å². The molecule has 0 radical (unpaired) electrons. The van der Waals surface area contributed by atoms with E-state index in [0.29, 0.717) is 6.42 Å². The van der Waals surface area contributed by atoms with Crippen LogP contribution in [0.4, 0.5) is 0 Å². The first-order chi connectivity index (χ1) is 12.5. The Morgan fingerprint density at radius 2 is 2.15 bits per heavy atom. The summed E-state index contributed by atoms with van der Waals surface area (Å²) in [6.45, 7) is 3.98. The maximum absolute atomic E-state index is 12.7. The molecule has 2 fully saturated rings. The number of H-pyrrole nitrogens is 1. The van der Waals surface area contributed by atoms with Crippen LogP contribution in [0.1, 0.15) is 31.9 Å². The predicted molar refractivity (Wildman–Crippen MR) is 97.8 cm³/mol. The molecule has 3 heterocycles. The van der Waals surface area contributed by atoms with E-state index in [1.807, 2.05) is 31.2 Å². The van der Waals surface area contributed by atoms with Gasteiger partial charge in [0, 0.05) is 11.8 Å². The lowest BCUT2D eigenvalue weighted by atomic mass is 9.75. The monoisotopic (exact) mass is 358 g/mol. The number of ether oxygens (including phenoxy) is 1. The van der Waals surface area contributed by atoms with Crippen LogP contribution in [0.5, 0.6) is 0 Å². The number of amides is 1. The number of nitrogens with one attached hydrogen (secondary N) is 3. The van der Waals surface area contributed by atoms with Crippen LogP contribution in [-0.2, 0) is 16.0 Å². The number of hydrogen-bond donors (Lipinski definition) is 4. The van der Waals surface area contributed by atoms with E-state index in [9.17, 15) is 9.90 Å². The number of carbonyl (C=O) groups excluding carboxylic acids is 1. The summed E-state index contributed by atoms with van der Waals surface area (Å²) < 4.78 is 6.00. The second-order valence-electron chi connectivity index (χ2n) is 7.80. The molecule has 4 rings (SSSR count).